The van der Waals surface area contributed by atoms with Gasteiger partial charge in [-0.25, -0.2) is 8.42 Å². The molecule has 0 saturated carbocycles. The third-order valence-corrected chi connectivity index (χ3v) is 6.37. The van der Waals surface area contributed by atoms with Crippen LogP contribution < -0.4 is 15.4 Å². The molecular formula is C24H21N3O2S2. The summed E-state index contributed by atoms with van der Waals surface area (Å²) in [6.07, 6.45) is 0. The van der Waals surface area contributed by atoms with Gasteiger partial charge in [0.25, 0.3) is 10.0 Å². The third kappa shape index (κ3) is 5.02. The SMILES string of the molecule is Cc1ccc(S(=O)(=O)Nc2ccc(NC(=S)Nc3cccc4ccccc34)cc2)cc1. The van der Waals surface area contributed by atoms with Crippen LogP contribution in [0, 0.1) is 6.92 Å². The van der Waals surface area contributed by atoms with E-state index in [0.29, 0.717) is 10.8 Å². The van der Waals surface area contributed by atoms with Crippen molar-refractivity contribution >= 4 is 55.2 Å². The van der Waals surface area contributed by atoms with E-state index >= 15 is 0 Å². The molecule has 0 amide bonds. The normalized spacial score (nSPS) is 11.1. The molecule has 156 valence electrons. The molecule has 0 saturated heterocycles. The lowest BCUT2D eigenvalue weighted by molar-refractivity contribution is 0.601. The van der Waals surface area contributed by atoms with E-state index in [1.54, 1.807) is 48.5 Å². The molecule has 5 nitrogen and oxygen atoms in total. The maximum absolute atomic E-state index is 12.5. The summed E-state index contributed by atoms with van der Waals surface area (Å²) >= 11 is 5.44. The molecule has 0 aliphatic rings. The number of aryl methyl sites for hydroxylation is 1. The summed E-state index contributed by atoms with van der Waals surface area (Å²) < 4.78 is 27.6. The van der Waals surface area contributed by atoms with Crippen molar-refractivity contribution in [1.82, 2.24) is 0 Å². The van der Waals surface area contributed by atoms with Crippen molar-refractivity contribution in [3.8, 4) is 0 Å². The molecule has 0 fully saturated rings. The average molecular weight is 448 g/mol. The van der Waals surface area contributed by atoms with E-state index < -0.39 is 10.0 Å². The minimum Gasteiger partial charge on any atom is -0.332 e. The van der Waals surface area contributed by atoms with E-state index in [1.807, 2.05) is 49.4 Å². The molecule has 0 unspecified atom stereocenters. The number of thiocarbonyl (C=S) groups is 1. The van der Waals surface area contributed by atoms with Crippen LogP contribution in [0.4, 0.5) is 17.1 Å². The number of rotatable bonds is 5. The van der Waals surface area contributed by atoms with Crippen molar-refractivity contribution in [3.63, 3.8) is 0 Å². The van der Waals surface area contributed by atoms with Crippen LogP contribution in [0.15, 0.2) is 95.9 Å². The molecule has 3 N–H and O–H groups in total. The first-order chi connectivity index (χ1) is 14.9. The highest BCUT2D eigenvalue weighted by atomic mass is 32.2. The second-order valence-electron chi connectivity index (χ2n) is 7.10. The fourth-order valence-electron chi connectivity index (χ4n) is 3.17. The Morgan fingerprint density at radius 3 is 2.13 bits per heavy atom. The molecule has 0 bridgehead atoms. The van der Waals surface area contributed by atoms with Gasteiger partial charge in [-0.3, -0.25) is 4.72 Å². The summed E-state index contributed by atoms with van der Waals surface area (Å²) in [6.45, 7) is 1.91. The highest BCUT2D eigenvalue weighted by Gasteiger charge is 2.13. The molecule has 31 heavy (non-hydrogen) atoms. The first-order valence-corrected chi connectivity index (χ1v) is 11.6. The Kier molecular flexibility index (Phi) is 5.88. The topological polar surface area (TPSA) is 70.2 Å². The van der Waals surface area contributed by atoms with E-state index in [0.717, 1.165) is 27.7 Å². The number of hydrogen-bond donors (Lipinski definition) is 3. The summed E-state index contributed by atoms with van der Waals surface area (Å²) in [5, 5.41) is 9.00. The lowest BCUT2D eigenvalue weighted by Crippen LogP contribution is -2.19. The Hall–Kier alpha value is -3.42. The second kappa shape index (κ2) is 8.75. The zero-order valence-corrected chi connectivity index (χ0v) is 18.4. The maximum atomic E-state index is 12.5. The standard InChI is InChI=1S/C24H21N3O2S2/c1-17-9-15-21(16-10-17)31(28,29)27-20-13-11-19(12-14-20)25-24(30)26-23-8-4-6-18-5-2-3-7-22(18)23/h2-16,27H,1H3,(H2,25,26,30). The molecule has 0 aliphatic heterocycles. The average Bonchev–Trinajstić information content (AvgIpc) is 2.75. The van der Waals surface area contributed by atoms with Crippen LogP contribution in [0.2, 0.25) is 0 Å². The maximum Gasteiger partial charge on any atom is 0.261 e. The highest BCUT2D eigenvalue weighted by Crippen LogP contribution is 2.24. The molecule has 7 heteroatoms. The van der Waals surface area contributed by atoms with Crippen LogP contribution >= 0.6 is 12.2 Å². The first-order valence-electron chi connectivity index (χ1n) is 9.66. The van der Waals surface area contributed by atoms with Crippen LogP contribution in [-0.2, 0) is 10.0 Å². The van der Waals surface area contributed by atoms with Gasteiger partial charge in [0, 0.05) is 22.4 Å². The Bertz CT molecular complexity index is 1330. The minimum atomic E-state index is -3.64. The predicted molar refractivity (Wildman–Crippen MR) is 132 cm³/mol. The van der Waals surface area contributed by atoms with E-state index in [9.17, 15) is 8.42 Å². The van der Waals surface area contributed by atoms with E-state index in [2.05, 4.69) is 15.4 Å². The van der Waals surface area contributed by atoms with Crippen LogP contribution in [-0.4, -0.2) is 13.5 Å². The van der Waals surface area contributed by atoms with Crippen LogP contribution in [0.3, 0.4) is 0 Å². The van der Waals surface area contributed by atoms with Crippen molar-refractivity contribution in [2.45, 2.75) is 11.8 Å². The molecule has 4 aromatic carbocycles. The lowest BCUT2D eigenvalue weighted by Gasteiger charge is -2.13. The number of nitrogens with one attached hydrogen (secondary N) is 3. The summed E-state index contributed by atoms with van der Waals surface area (Å²) in [5.74, 6) is 0. The first kappa shape index (κ1) is 20.8. The Balaban J connectivity index is 1.42. The molecule has 0 radical (unpaired) electrons. The van der Waals surface area contributed by atoms with Crippen molar-refractivity contribution in [3.05, 3.63) is 96.6 Å². The van der Waals surface area contributed by atoms with Crippen LogP contribution in [0.1, 0.15) is 5.56 Å². The number of sulfonamides is 1. The molecule has 0 aliphatic carbocycles. The molecule has 0 aromatic heterocycles. The highest BCUT2D eigenvalue weighted by molar-refractivity contribution is 7.92. The summed E-state index contributed by atoms with van der Waals surface area (Å²) in [4.78, 5) is 0.223. The van der Waals surface area contributed by atoms with Gasteiger partial charge in [0.05, 0.1) is 4.90 Å². The van der Waals surface area contributed by atoms with E-state index in [4.69, 9.17) is 12.2 Å². The molecule has 0 atom stereocenters. The number of hydrogen-bond acceptors (Lipinski definition) is 3. The van der Waals surface area contributed by atoms with Crippen molar-refractivity contribution in [1.29, 1.82) is 0 Å². The Labute approximate surface area is 187 Å². The fourth-order valence-corrected chi connectivity index (χ4v) is 4.46. The molecule has 0 spiro atoms. The zero-order chi connectivity index (χ0) is 21.8. The van der Waals surface area contributed by atoms with Crippen LogP contribution in [0.5, 0.6) is 0 Å². The Morgan fingerprint density at radius 1 is 0.742 bits per heavy atom. The van der Waals surface area contributed by atoms with Gasteiger partial charge in [0.2, 0.25) is 0 Å². The van der Waals surface area contributed by atoms with Gasteiger partial charge in [-0.2, -0.15) is 0 Å². The zero-order valence-electron chi connectivity index (χ0n) is 16.8. The lowest BCUT2D eigenvalue weighted by atomic mass is 10.1. The van der Waals surface area contributed by atoms with E-state index in [-0.39, 0.29) is 4.90 Å². The summed E-state index contributed by atoms with van der Waals surface area (Å²) in [7, 11) is -3.64. The molecule has 4 aromatic rings. The second-order valence-corrected chi connectivity index (χ2v) is 9.19. The number of fused-ring (bicyclic) bond motifs is 1. The molecule has 4 rings (SSSR count). The monoisotopic (exact) mass is 447 g/mol. The van der Waals surface area contributed by atoms with Crippen molar-refractivity contribution in [2.75, 3.05) is 15.4 Å². The largest absolute Gasteiger partial charge is 0.332 e. The van der Waals surface area contributed by atoms with Gasteiger partial charge >= 0.3 is 0 Å². The van der Waals surface area contributed by atoms with Gasteiger partial charge in [0.1, 0.15) is 0 Å². The van der Waals surface area contributed by atoms with Gasteiger partial charge in [-0.05, 0) is 67.0 Å². The smallest absolute Gasteiger partial charge is 0.261 e. The van der Waals surface area contributed by atoms with Crippen molar-refractivity contribution in [2.24, 2.45) is 0 Å². The molecule has 0 heterocycles. The fraction of sp³-hybridized carbons (Fsp3) is 0.0417. The van der Waals surface area contributed by atoms with Gasteiger partial charge in [-0.15, -0.1) is 0 Å². The quantitative estimate of drug-likeness (QED) is 0.340. The number of benzene rings is 4. The third-order valence-electron chi connectivity index (χ3n) is 4.76. The van der Waals surface area contributed by atoms with Crippen molar-refractivity contribution < 1.29 is 8.42 Å². The number of anilines is 3. The van der Waals surface area contributed by atoms with Gasteiger partial charge < -0.3 is 10.6 Å². The van der Waals surface area contributed by atoms with Gasteiger partial charge in [0.15, 0.2) is 5.11 Å². The Morgan fingerprint density at radius 2 is 1.39 bits per heavy atom. The molecular weight excluding hydrogens is 426 g/mol. The minimum absolute atomic E-state index is 0.223. The van der Waals surface area contributed by atoms with Gasteiger partial charge in [-0.1, -0.05) is 54.1 Å². The van der Waals surface area contributed by atoms with Crippen LogP contribution in [0.25, 0.3) is 10.8 Å². The summed E-state index contributed by atoms with van der Waals surface area (Å²) in [5.41, 5.74) is 3.13. The summed E-state index contributed by atoms with van der Waals surface area (Å²) in [6, 6.07) is 27.7. The van der Waals surface area contributed by atoms with E-state index in [1.165, 1.54) is 0 Å². The predicted octanol–water partition coefficient (Wildman–Crippen LogP) is 5.76.